The normalized spacial score (nSPS) is 23.2. The quantitative estimate of drug-likeness (QED) is 0.794. The molecule has 2 aliphatic rings. The number of carbonyl (C=O) groups is 1. The van der Waals surface area contributed by atoms with E-state index in [9.17, 15) is 4.79 Å². The Bertz CT molecular complexity index is 678. The summed E-state index contributed by atoms with van der Waals surface area (Å²) >= 11 is 0. The van der Waals surface area contributed by atoms with Crippen LogP contribution in [0.1, 0.15) is 30.5 Å². The Morgan fingerprint density at radius 1 is 1.19 bits per heavy atom. The molecule has 3 rings (SSSR count). The largest absolute Gasteiger partial charge is 0.383 e. The van der Waals surface area contributed by atoms with E-state index in [0.717, 1.165) is 61.9 Å². The summed E-state index contributed by atoms with van der Waals surface area (Å²) in [6, 6.07) is 0. The van der Waals surface area contributed by atoms with Gasteiger partial charge in [-0.05, 0) is 33.1 Å². The van der Waals surface area contributed by atoms with Crippen LogP contribution in [-0.2, 0) is 9.53 Å². The molecule has 3 heterocycles. The Morgan fingerprint density at radius 2 is 1.96 bits per heavy atom. The van der Waals surface area contributed by atoms with Crippen LogP contribution in [0.5, 0.6) is 0 Å². The molecule has 2 saturated heterocycles. The number of carbonyl (C=O) groups excluding carboxylic acids is 1. The molecule has 7 heteroatoms. The van der Waals surface area contributed by atoms with Gasteiger partial charge in [0.25, 0.3) is 0 Å². The van der Waals surface area contributed by atoms with E-state index in [1.807, 2.05) is 30.8 Å². The molecule has 1 spiro atoms. The Morgan fingerprint density at radius 3 is 2.65 bits per heavy atom. The van der Waals surface area contributed by atoms with Crippen LogP contribution in [0.2, 0.25) is 0 Å². The summed E-state index contributed by atoms with van der Waals surface area (Å²) in [6.07, 6.45) is 2.93. The van der Waals surface area contributed by atoms with Gasteiger partial charge < -0.3 is 19.4 Å². The molecular formula is C19H31N5O2. The molecule has 1 aromatic rings. The van der Waals surface area contributed by atoms with Gasteiger partial charge in [0.15, 0.2) is 0 Å². The number of likely N-dealkylation sites (tertiary alicyclic amines) is 1. The van der Waals surface area contributed by atoms with Crippen molar-refractivity contribution in [3.05, 3.63) is 11.3 Å². The number of hydrogen-bond donors (Lipinski definition) is 0. The standard InChI is InChI=1S/C19H31N5O2/c1-14-15(2)20-18(22(3)4)21-16(14)24-10-8-19(13-24)7-6-9-23(17(19)25)11-12-26-5/h6-13H2,1-5H3/t19-/m1/s1. The lowest BCUT2D eigenvalue weighted by Gasteiger charge is -2.39. The Kier molecular flexibility index (Phi) is 5.37. The predicted octanol–water partition coefficient (Wildman–Crippen LogP) is 1.62. The van der Waals surface area contributed by atoms with Crippen LogP contribution in [0, 0.1) is 19.3 Å². The van der Waals surface area contributed by atoms with Gasteiger partial charge in [-0.2, -0.15) is 4.98 Å². The van der Waals surface area contributed by atoms with E-state index in [4.69, 9.17) is 9.72 Å². The van der Waals surface area contributed by atoms with E-state index in [0.29, 0.717) is 19.1 Å². The molecule has 0 aromatic carbocycles. The van der Waals surface area contributed by atoms with E-state index in [1.54, 1.807) is 7.11 Å². The number of rotatable bonds is 5. The van der Waals surface area contributed by atoms with Crippen LogP contribution in [-0.4, -0.2) is 74.8 Å². The molecule has 1 aromatic heterocycles. The average molecular weight is 361 g/mol. The van der Waals surface area contributed by atoms with Crippen molar-refractivity contribution in [3.8, 4) is 0 Å². The topological polar surface area (TPSA) is 61.8 Å². The third-order valence-corrected chi connectivity index (χ3v) is 5.79. The third kappa shape index (κ3) is 3.37. The van der Waals surface area contributed by atoms with Gasteiger partial charge in [0.1, 0.15) is 5.82 Å². The molecule has 0 aliphatic carbocycles. The lowest BCUT2D eigenvalue weighted by Crippen LogP contribution is -2.51. The minimum atomic E-state index is -0.268. The number of methoxy groups -OCH3 is 1. The second-order valence-electron chi connectivity index (χ2n) is 7.79. The number of hydrogen-bond acceptors (Lipinski definition) is 6. The Labute approximate surface area is 156 Å². The fourth-order valence-corrected chi connectivity index (χ4v) is 4.11. The van der Waals surface area contributed by atoms with Crippen LogP contribution in [0.4, 0.5) is 11.8 Å². The monoisotopic (exact) mass is 361 g/mol. The molecule has 0 radical (unpaired) electrons. The molecule has 1 amide bonds. The summed E-state index contributed by atoms with van der Waals surface area (Å²) in [5, 5.41) is 0. The van der Waals surface area contributed by atoms with Crippen molar-refractivity contribution >= 4 is 17.7 Å². The minimum absolute atomic E-state index is 0.268. The molecule has 144 valence electrons. The van der Waals surface area contributed by atoms with Gasteiger partial charge in [0.05, 0.1) is 12.0 Å². The van der Waals surface area contributed by atoms with Crippen LogP contribution in [0.15, 0.2) is 0 Å². The fraction of sp³-hybridized carbons (Fsp3) is 0.737. The van der Waals surface area contributed by atoms with Gasteiger partial charge in [0.2, 0.25) is 11.9 Å². The number of anilines is 2. The fourth-order valence-electron chi connectivity index (χ4n) is 4.11. The maximum absolute atomic E-state index is 13.2. The molecule has 0 saturated carbocycles. The Hall–Kier alpha value is -1.89. The number of nitrogens with zero attached hydrogens (tertiary/aromatic N) is 5. The maximum Gasteiger partial charge on any atom is 0.230 e. The van der Waals surface area contributed by atoms with Crippen LogP contribution >= 0.6 is 0 Å². The summed E-state index contributed by atoms with van der Waals surface area (Å²) in [5.41, 5.74) is 1.83. The van der Waals surface area contributed by atoms with Crippen molar-refractivity contribution in [1.29, 1.82) is 0 Å². The lowest BCUT2D eigenvalue weighted by molar-refractivity contribution is -0.145. The molecule has 1 atom stereocenters. The van der Waals surface area contributed by atoms with Gasteiger partial charge in [-0.3, -0.25) is 4.79 Å². The van der Waals surface area contributed by atoms with Crippen LogP contribution in [0.25, 0.3) is 0 Å². The molecule has 2 fully saturated rings. The summed E-state index contributed by atoms with van der Waals surface area (Å²) < 4.78 is 5.17. The number of aromatic nitrogens is 2. The number of piperidine rings is 1. The Balaban J connectivity index is 1.83. The molecule has 0 bridgehead atoms. The minimum Gasteiger partial charge on any atom is -0.383 e. The van der Waals surface area contributed by atoms with Crippen molar-refractivity contribution in [1.82, 2.24) is 14.9 Å². The average Bonchev–Trinajstić information content (AvgIpc) is 3.03. The first-order valence-corrected chi connectivity index (χ1v) is 9.44. The highest BCUT2D eigenvalue weighted by molar-refractivity contribution is 5.85. The molecule has 26 heavy (non-hydrogen) atoms. The van der Waals surface area contributed by atoms with Crippen molar-refractivity contribution in [3.63, 3.8) is 0 Å². The van der Waals surface area contributed by atoms with E-state index < -0.39 is 0 Å². The van der Waals surface area contributed by atoms with Gasteiger partial charge in [-0.15, -0.1) is 0 Å². The predicted molar refractivity (Wildman–Crippen MR) is 103 cm³/mol. The first-order valence-electron chi connectivity index (χ1n) is 9.44. The van der Waals surface area contributed by atoms with E-state index >= 15 is 0 Å². The number of amides is 1. The zero-order valence-electron chi connectivity index (χ0n) is 16.7. The first kappa shape index (κ1) is 18.9. The van der Waals surface area contributed by atoms with Crippen molar-refractivity contribution in [2.75, 3.05) is 63.8 Å². The zero-order valence-corrected chi connectivity index (χ0v) is 16.7. The first-order chi connectivity index (χ1) is 12.4. The van der Waals surface area contributed by atoms with Crippen molar-refractivity contribution in [2.45, 2.75) is 33.1 Å². The second-order valence-corrected chi connectivity index (χ2v) is 7.79. The number of ether oxygens (including phenoxy) is 1. The lowest BCUT2D eigenvalue weighted by atomic mass is 9.78. The summed E-state index contributed by atoms with van der Waals surface area (Å²) in [4.78, 5) is 28.7. The molecule has 0 unspecified atom stereocenters. The smallest absolute Gasteiger partial charge is 0.230 e. The summed E-state index contributed by atoms with van der Waals surface area (Å²) in [5.74, 6) is 1.99. The summed E-state index contributed by atoms with van der Waals surface area (Å²) in [6.45, 7) is 7.85. The summed E-state index contributed by atoms with van der Waals surface area (Å²) in [7, 11) is 5.60. The van der Waals surface area contributed by atoms with Gasteiger partial charge in [-0.1, -0.05) is 0 Å². The van der Waals surface area contributed by atoms with Crippen molar-refractivity contribution < 1.29 is 9.53 Å². The van der Waals surface area contributed by atoms with Gasteiger partial charge in [0, 0.05) is 58.6 Å². The molecule has 0 N–H and O–H groups in total. The highest BCUT2D eigenvalue weighted by atomic mass is 16.5. The second kappa shape index (κ2) is 7.39. The molecular weight excluding hydrogens is 330 g/mol. The zero-order chi connectivity index (χ0) is 18.9. The molecule has 2 aliphatic heterocycles. The van der Waals surface area contributed by atoms with Gasteiger partial charge in [-0.25, -0.2) is 4.98 Å². The molecule has 7 nitrogen and oxygen atoms in total. The highest BCUT2D eigenvalue weighted by Crippen LogP contribution is 2.42. The van der Waals surface area contributed by atoms with Gasteiger partial charge >= 0.3 is 0 Å². The maximum atomic E-state index is 13.2. The highest BCUT2D eigenvalue weighted by Gasteiger charge is 2.48. The van der Waals surface area contributed by atoms with E-state index in [1.165, 1.54) is 0 Å². The van der Waals surface area contributed by atoms with Crippen LogP contribution in [0.3, 0.4) is 0 Å². The SMILES string of the molecule is COCCN1CCC[C@]2(CCN(c3nc(N(C)C)nc(C)c3C)C2)C1=O. The number of aryl methyl sites for hydroxylation is 1. The van der Waals surface area contributed by atoms with Crippen LogP contribution < -0.4 is 9.80 Å². The van der Waals surface area contributed by atoms with E-state index in [-0.39, 0.29) is 5.41 Å². The van der Waals surface area contributed by atoms with Crippen molar-refractivity contribution in [2.24, 2.45) is 5.41 Å². The third-order valence-electron chi connectivity index (χ3n) is 5.79. The van der Waals surface area contributed by atoms with E-state index in [2.05, 4.69) is 16.8 Å².